The minimum absolute atomic E-state index is 0.780. The molecule has 0 atom stereocenters. The van der Waals surface area contributed by atoms with Crippen molar-refractivity contribution in [3.05, 3.63) is 65.2 Å². The van der Waals surface area contributed by atoms with Crippen molar-refractivity contribution in [2.75, 3.05) is 44.8 Å². The lowest BCUT2D eigenvalue weighted by molar-refractivity contribution is 0.0342. The summed E-state index contributed by atoms with van der Waals surface area (Å²) in [6.07, 6.45) is 1.08. The molecule has 2 aromatic rings. The Balaban J connectivity index is 1.38. The number of fused-ring (bicyclic) bond motifs is 1. The van der Waals surface area contributed by atoms with E-state index in [1.165, 1.54) is 22.4 Å². The van der Waals surface area contributed by atoms with Crippen LogP contribution in [0, 0.1) is 0 Å². The van der Waals surface area contributed by atoms with Crippen LogP contribution in [-0.4, -0.2) is 50.8 Å². The lowest BCUT2D eigenvalue weighted by Crippen LogP contribution is -2.40. The van der Waals surface area contributed by atoms with Crippen molar-refractivity contribution in [2.45, 2.75) is 19.5 Å². The smallest absolute Gasteiger partial charge is 0.198 e. The SMILES string of the molecule is CN=C(NCc1cccc(CN2CCOCC2)c1)N1CCc2ccccc21. The summed E-state index contributed by atoms with van der Waals surface area (Å²) in [5.74, 6) is 0.943. The Kier molecular flexibility index (Phi) is 5.70. The molecule has 27 heavy (non-hydrogen) atoms. The van der Waals surface area contributed by atoms with Crippen molar-refractivity contribution in [3.63, 3.8) is 0 Å². The van der Waals surface area contributed by atoms with Crippen LogP contribution < -0.4 is 10.2 Å². The normalized spacial score (nSPS) is 17.8. The van der Waals surface area contributed by atoms with Gasteiger partial charge in [-0.3, -0.25) is 9.89 Å². The first-order valence-corrected chi connectivity index (χ1v) is 9.77. The van der Waals surface area contributed by atoms with Crippen molar-refractivity contribution >= 4 is 11.6 Å². The van der Waals surface area contributed by atoms with Crippen LogP contribution in [0.2, 0.25) is 0 Å². The molecule has 1 fully saturated rings. The zero-order chi connectivity index (χ0) is 18.5. The molecule has 1 N–H and O–H groups in total. The molecule has 2 aliphatic rings. The van der Waals surface area contributed by atoms with Gasteiger partial charge in [0.2, 0.25) is 0 Å². The van der Waals surface area contributed by atoms with Crippen molar-refractivity contribution in [3.8, 4) is 0 Å². The number of para-hydroxylation sites is 1. The number of hydrogen-bond acceptors (Lipinski definition) is 3. The topological polar surface area (TPSA) is 40.1 Å². The van der Waals surface area contributed by atoms with E-state index in [0.29, 0.717) is 0 Å². The molecule has 0 saturated carbocycles. The molecule has 0 bridgehead atoms. The average molecular weight is 364 g/mol. The fourth-order valence-corrected chi connectivity index (χ4v) is 3.89. The van der Waals surface area contributed by atoms with Gasteiger partial charge >= 0.3 is 0 Å². The van der Waals surface area contributed by atoms with Gasteiger partial charge in [-0.05, 0) is 29.2 Å². The summed E-state index contributed by atoms with van der Waals surface area (Å²) in [7, 11) is 1.86. The van der Waals surface area contributed by atoms with E-state index in [4.69, 9.17) is 4.74 Å². The number of anilines is 1. The van der Waals surface area contributed by atoms with Gasteiger partial charge in [-0.25, -0.2) is 0 Å². The molecule has 0 aromatic heterocycles. The van der Waals surface area contributed by atoms with Gasteiger partial charge in [-0.1, -0.05) is 42.5 Å². The second kappa shape index (κ2) is 8.55. The Morgan fingerprint density at radius 1 is 1.04 bits per heavy atom. The molecule has 0 unspecified atom stereocenters. The third kappa shape index (κ3) is 4.31. The van der Waals surface area contributed by atoms with E-state index < -0.39 is 0 Å². The molecular weight excluding hydrogens is 336 g/mol. The maximum absolute atomic E-state index is 5.44. The number of morpholine rings is 1. The Morgan fingerprint density at radius 2 is 1.85 bits per heavy atom. The summed E-state index contributed by atoms with van der Waals surface area (Å²) in [5, 5.41) is 3.54. The minimum Gasteiger partial charge on any atom is -0.379 e. The highest BCUT2D eigenvalue weighted by Gasteiger charge is 2.22. The third-order valence-electron chi connectivity index (χ3n) is 5.31. The Hall–Kier alpha value is -2.37. The van der Waals surface area contributed by atoms with Crippen LogP contribution in [0.15, 0.2) is 53.5 Å². The van der Waals surface area contributed by atoms with Gasteiger partial charge in [0.15, 0.2) is 5.96 Å². The zero-order valence-electron chi connectivity index (χ0n) is 16.0. The summed E-state index contributed by atoms with van der Waals surface area (Å²) < 4.78 is 5.44. The lowest BCUT2D eigenvalue weighted by atomic mass is 10.1. The molecule has 1 saturated heterocycles. The summed E-state index contributed by atoms with van der Waals surface area (Å²) in [6, 6.07) is 17.4. The maximum atomic E-state index is 5.44. The molecule has 0 amide bonds. The average Bonchev–Trinajstić information content (AvgIpc) is 3.14. The minimum atomic E-state index is 0.780. The third-order valence-corrected chi connectivity index (χ3v) is 5.31. The second-order valence-electron chi connectivity index (χ2n) is 7.14. The summed E-state index contributed by atoms with van der Waals surface area (Å²) in [4.78, 5) is 9.25. The van der Waals surface area contributed by atoms with Gasteiger partial charge in [0.1, 0.15) is 0 Å². The fraction of sp³-hybridized carbons (Fsp3) is 0.409. The van der Waals surface area contributed by atoms with Gasteiger partial charge < -0.3 is 15.0 Å². The monoisotopic (exact) mass is 364 g/mol. The molecule has 5 nitrogen and oxygen atoms in total. The first-order valence-electron chi connectivity index (χ1n) is 9.77. The first-order chi connectivity index (χ1) is 13.3. The number of nitrogens with zero attached hydrogens (tertiary/aromatic N) is 3. The van der Waals surface area contributed by atoms with Crippen LogP contribution in [0.25, 0.3) is 0 Å². The second-order valence-corrected chi connectivity index (χ2v) is 7.14. The highest BCUT2D eigenvalue weighted by Crippen LogP contribution is 2.27. The van der Waals surface area contributed by atoms with E-state index in [1.54, 1.807) is 0 Å². The van der Waals surface area contributed by atoms with Crippen molar-refractivity contribution in [2.24, 2.45) is 4.99 Å². The number of hydrogen-bond donors (Lipinski definition) is 1. The van der Waals surface area contributed by atoms with Crippen LogP contribution in [-0.2, 0) is 24.2 Å². The molecule has 142 valence electrons. The predicted octanol–water partition coefficient (Wildman–Crippen LogP) is 2.66. The van der Waals surface area contributed by atoms with Crippen LogP contribution in [0.5, 0.6) is 0 Å². The zero-order valence-corrected chi connectivity index (χ0v) is 16.0. The van der Waals surface area contributed by atoms with Crippen LogP contribution in [0.1, 0.15) is 16.7 Å². The van der Waals surface area contributed by atoms with E-state index in [-0.39, 0.29) is 0 Å². The van der Waals surface area contributed by atoms with E-state index >= 15 is 0 Å². The quantitative estimate of drug-likeness (QED) is 0.669. The van der Waals surface area contributed by atoms with E-state index in [2.05, 4.69) is 68.6 Å². The van der Waals surface area contributed by atoms with E-state index in [0.717, 1.165) is 58.3 Å². The predicted molar refractivity (Wildman–Crippen MR) is 110 cm³/mol. The van der Waals surface area contributed by atoms with Crippen molar-refractivity contribution < 1.29 is 4.74 Å². The maximum Gasteiger partial charge on any atom is 0.198 e. The number of rotatable bonds is 4. The molecular formula is C22H28N4O. The van der Waals surface area contributed by atoms with Crippen LogP contribution in [0.4, 0.5) is 5.69 Å². The van der Waals surface area contributed by atoms with Gasteiger partial charge in [0, 0.05) is 45.5 Å². The summed E-state index contributed by atoms with van der Waals surface area (Å²) in [6.45, 7) is 6.47. The van der Waals surface area contributed by atoms with Gasteiger partial charge in [0.25, 0.3) is 0 Å². The number of benzene rings is 2. The molecule has 0 aliphatic carbocycles. The molecule has 2 aliphatic heterocycles. The van der Waals surface area contributed by atoms with Crippen LogP contribution >= 0.6 is 0 Å². The number of guanidine groups is 1. The van der Waals surface area contributed by atoms with Crippen molar-refractivity contribution in [1.29, 1.82) is 0 Å². The Morgan fingerprint density at radius 3 is 2.70 bits per heavy atom. The van der Waals surface area contributed by atoms with Gasteiger partial charge in [-0.2, -0.15) is 0 Å². The highest BCUT2D eigenvalue weighted by atomic mass is 16.5. The van der Waals surface area contributed by atoms with E-state index in [9.17, 15) is 0 Å². The Bertz CT molecular complexity index is 798. The summed E-state index contributed by atoms with van der Waals surface area (Å²) >= 11 is 0. The van der Waals surface area contributed by atoms with Crippen molar-refractivity contribution in [1.82, 2.24) is 10.2 Å². The standard InChI is InChI=1S/C22H28N4O/c1-23-22(26-10-9-20-7-2-3-8-21(20)26)24-16-18-5-4-6-19(15-18)17-25-11-13-27-14-12-25/h2-8,15H,9-14,16-17H2,1H3,(H,23,24). The fourth-order valence-electron chi connectivity index (χ4n) is 3.89. The number of nitrogens with one attached hydrogen (secondary N) is 1. The largest absolute Gasteiger partial charge is 0.379 e. The molecule has 0 radical (unpaired) electrons. The molecule has 0 spiro atoms. The summed E-state index contributed by atoms with van der Waals surface area (Å²) in [5.41, 5.74) is 5.31. The van der Waals surface area contributed by atoms with E-state index in [1.807, 2.05) is 7.05 Å². The molecule has 2 heterocycles. The van der Waals surface area contributed by atoms with Crippen LogP contribution in [0.3, 0.4) is 0 Å². The molecule has 4 rings (SSSR count). The number of aliphatic imine (C=N–C) groups is 1. The molecule has 2 aromatic carbocycles. The first kappa shape index (κ1) is 18.0. The Labute approximate surface area is 161 Å². The molecule has 5 heteroatoms. The van der Waals surface area contributed by atoms with Gasteiger partial charge in [-0.15, -0.1) is 0 Å². The lowest BCUT2D eigenvalue weighted by Gasteiger charge is -2.26. The number of ether oxygens (including phenoxy) is 1. The highest BCUT2D eigenvalue weighted by molar-refractivity contribution is 5.97. The van der Waals surface area contributed by atoms with Gasteiger partial charge in [0.05, 0.1) is 13.2 Å².